The summed E-state index contributed by atoms with van der Waals surface area (Å²) in [5.74, 6) is -1.15. The Balaban J connectivity index is 1.78. The Morgan fingerprint density at radius 3 is 2.46 bits per heavy atom. The minimum atomic E-state index is -0.664. The summed E-state index contributed by atoms with van der Waals surface area (Å²) in [6, 6.07) is 11.5. The molecule has 39 heavy (non-hydrogen) atoms. The average molecular weight is 560 g/mol. The number of rotatable bonds is 12. The molecule has 0 spiro atoms. The van der Waals surface area contributed by atoms with Crippen molar-refractivity contribution in [3.63, 3.8) is 0 Å². The number of carbonyl (C=O) groups is 2. The van der Waals surface area contributed by atoms with Gasteiger partial charge in [-0.05, 0) is 43.9 Å². The molecule has 0 saturated heterocycles. The van der Waals surface area contributed by atoms with Gasteiger partial charge in [0, 0.05) is 33.1 Å². The molecule has 0 fully saturated rings. The topological polar surface area (TPSA) is 91.6 Å². The highest BCUT2D eigenvalue weighted by molar-refractivity contribution is 6.31. The molecule has 0 saturated carbocycles. The van der Waals surface area contributed by atoms with Crippen molar-refractivity contribution in [2.24, 2.45) is 12.5 Å². The second-order valence-electron chi connectivity index (χ2n) is 10.1. The molecular formula is C29H35ClFN3O5. The molecular weight excluding hydrogens is 525 g/mol. The molecule has 0 aliphatic heterocycles. The maximum absolute atomic E-state index is 13.9. The number of ketones is 1. The minimum absolute atomic E-state index is 0.0588. The van der Waals surface area contributed by atoms with Crippen LogP contribution in [-0.2, 0) is 16.6 Å². The maximum atomic E-state index is 13.9. The number of hydrogen-bond donors (Lipinski definition) is 1. The van der Waals surface area contributed by atoms with Crippen molar-refractivity contribution in [2.75, 3.05) is 19.0 Å². The summed E-state index contributed by atoms with van der Waals surface area (Å²) in [5.41, 5.74) is 0.573. The number of amides is 1. The Hall–Kier alpha value is -3.43. The van der Waals surface area contributed by atoms with Crippen LogP contribution >= 0.6 is 11.6 Å². The van der Waals surface area contributed by atoms with Gasteiger partial charge in [-0.15, -0.1) is 0 Å². The second kappa shape index (κ2) is 12.6. The molecule has 2 aromatic carbocycles. The first kappa shape index (κ1) is 30.1. The normalized spacial score (nSPS) is 12.3. The molecule has 1 heterocycles. The molecule has 0 bridgehead atoms. The molecule has 210 valence electrons. The monoisotopic (exact) mass is 559 g/mol. The van der Waals surface area contributed by atoms with Crippen LogP contribution in [0.4, 0.5) is 10.1 Å². The number of aromatic nitrogens is 2. The number of para-hydroxylation sites is 1. The predicted molar refractivity (Wildman–Crippen MR) is 150 cm³/mol. The molecule has 1 N–H and O–H groups in total. The van der Waals surface area contributed by atoms with Crippen LogP contribution in [0.15, 0.2) is 47.3 Å². The van der Waals surface area contributed by atoms with Crippen molar-refractivity contribution in [1.82, 2.24) is 9.36 Å². The lowest BCUT2D eigenvalue weighted by atomic mass is 9.82. The maximum Gasteiger partial charge on any atom is 0.295 e. The molecule has 8 nitrogen and oxygen atoms in total. The standard InChI is InChI=1S/C29H35ClFN3O5/c1-7-39-24-16-22(31)21(30)15-20(24)23(35)13-14-29(3,4)17-25(36)32-26-27(18(2)38-6)33(5)34(28(26)37)19-11-9-8-10-12-19/h8-12,15-16,18H,7,13-14,17H2,1-6H3,(H,32,36)/t18-/m0/s1. The highest BCUT2D eigenvalue weighted by Crippen LogP contribution is 2.32. The molecule has 10 heteroatoms. The van der Waals surface area contributed by atoms with Crippen molar-refractivity contribution in [3.8, 4) is 11.4 Å². The molecule has 1 amide bonds. The van der Waals surface area contributed by atoms with Gasteiger partial charge in [0.15, 0.2) is 5.78 Å². The van der Waals surface area contributed by atoms with Gasteiger partial charge in [-0.2, -0.15) is 0 Å². The lowest BCUT2D eigenvalue weighted by molar-refractivity contribution is -0.118. The molecule has 0 radical (unpaired) electrons. The molecule has 1 aromatic heterocycles. The van der Waals surface area contributed by atoms with Crippen molar-refractivity contribution in [3.05, 3.63) is 74.9 Å². The van der Waals surface area contributed by atoms with Crippen molar-refractivity contribution in [1.29, 1.82) is 0 Å². The van der Waals surface area contributed by atoms with Crippen LogP contribution in [-0.4, -0.2) is 34.8 Å². The first-order valence-electron chi connectivity index (χ1n) is 12.7. The fourth-order valence-corrected chi connectivity index (χ4v) is 4.65. The van der Waals surface area contributed by atoms with Gasteiger partial charge in [0.05, 0.1) is 34.7 Å². The number of benzene rings is 2. The van der Waals surface area contributed by atoms with E-state index in [1.165, 1.54) is 17.9 Å². The summed E-state index contributed by atoms with van der Waals surface area (Å²) < 4.78 is 28.0. The minimum Gasteiger partial charge on any atom is -0.493 e. The van der Waals surface area contributed by atoms with E-state index in [4.69, 9.17) is 21.1 Å². The zero-order chi connectivity index (χ0) is 28.9. The number of nitrogens with one attached hydrogen (secondary N) is 1. The van der Waals surface area contributed by atoms with Crippen molar-refractivity contribution >= 4 is 29.0 Å². The van der Waals surface area contributed by atoms with Crippen LogP contribution in [0.25, 0.3) is 5.69 Å². The van der Waals surface area contributed by atoms with Crippen LogP contribution in [0.1, 0.15) is 69.1 Å². The summed E-state index contributed by atoms with van der Waals surface area (Å²) in [4.78, 5) is 39.6. The Morgan fingerprint density at radius 1 is 1.18 bits per heavy atom. The Morgan fingerprint density at radius 2 is 1.85 bits per heavy atom. The molecule has 0 aliphatic rings. The number of halogens is 2. The summed E-state index contributed by atoms with van der Waals surface area (Å²) in [5, 5.41) is 2.64. The fraction of sp³-hybridized carbons (Fsp3) is 0.414. The van der Waals surface area contributed by atoms with Gasteiger partial charge >= 0.3 is 0 Å². The van der Waals surface area contributed by atoms with Crippen LogP contribution < -0.4 is 15.6 Å². The molecule has 3 aromatic rings. The lowest BCUT2D eigenvalue weighted by Crippen LogP contribution is -2.26. The smallest absolute Gasteiger partial charge is 0.295 e. The SMILES string of the molecule is CCOc1cc(F)c(Cl)cc1C(=O)CCC(C)(C)CC(=O)Nc1c([C@H](C)OC)n(C)n(-c2ccccc2)c1=O. The zero-order valence-electron chi connectivity index (χ0n) is 23.1. The van der Waals surface area contributed by atoms with E-state index < -0.39 is 17.3 Å². The molecule has 0 aliphatic carbocycles. The predicted octanol–water partition coefficient (Wildman–Crippen LogP) is 6.09. The molecule has 1 atom stereocenters. The molecule has 0 unspecified atom stereocenters. The highest BCUT2D eigenvalue weighted by Gasteiger charge is 2.28. The summed E-state index contributed by atoms with van der Waals surface area (Å²) in [6.07, 6.45) is 0.0593. The van der Waals surface area contributed by atoms with Crippen molar-refractivity contribution < 1.29 is 23.5 Å². The third-order valence-electron chi connectivity index (χ3n) is 6.61. The van der Waals surface area contributed by atoms with E-state index in [-0.39, 0.29) is 58.7 Å². The number of ether oxygens (including phenoxy) is 2. The van der Waals surface area contributed by atoms with E-state index in [9.17, 15) is 18.8 Å². The zero-order valence-corrected chi connectivity index (χ0v) is 23.9. The van der Waals surface area contributed by atoms with Gasteiger partial charge in [0.25, 0.3) is 5.56 Å². The van der Waals surface area contributed by atoms with Crippen LogP contribution in [0, 0.1) is 11.2 Å². The van der Waals surface area contributed by atoms with E-state index in [0.29, 0.717) is 17.8 Å². The van der Waals surface area contributed by atoms with E-state index in [0.717, 1.165) is 6.07 Å². The second-order valence-corrected chi connectivity index (χ2v) is 10.5. The van der Waals surface area contributed by atoms with E-state index in [2.05, 4.69) is 5.32 Å². The number of hydrogen-bond acceptors (Lipinski definition) is 5. The van der Waals surface area contributed by atoms with Crippen LogP contribution in [0.3, 0.4) is 0 Å². The molecule has 3 rings (SSSR count). The Kier molecular flexibility index (Phi) is 9.74. The highest BCUT2D eigenvalue weighted by atomic mass is 35.5. The Labute approximate surface area is 232 Å². The van der Waals surface area contributed by atoms with E-state index >= 15 is 0 Å². The number of anilines is 1. The van der Waals surface area contributed by atoms with Gasteiger partial charge in [-0.3, -0.25) is 19.1 Å². The van der Waals surface area contributed by atoms with Gasteiger partial charge in [-0.25, -0.2) is 9.07 Å². The average Bonchev–Trinajstić information content (AvgIpc) is 3.13. The lowest BCUT2D eigenvalue weighted by Gasteiger charge is -2.24. The summed E-state index contributed by atoms with van der Waals surface area (Å²) >= 11 is 5.90. The quantitative estimate of drug-likeness (QED) is 0.271. The number of nitrogens with zero attached hydrogens (tertiary/aromatic N) is 2. The Bertz CT molecular complexity index is 1400. The summed E-state index contributed by atoms with van der Waals surface area (Å²) in [7, 11) is 3.27. The fourth-order valence-electron chi connectivity index (χ4n) is 4.49. The van der Waals surface area contributed by atoms with Crippen LogP contribution in [0.2, 0.25) is 5.02 Å². The van der Waals surface area contributed by atoms with Gasteiger partial charge in [0.1, 0.15) is 17.3 Å². The number of methoxy groups -OCH3 is 1. The van der Waals surface area contributed by atoms with Gasteiger partial charge < -0.3 is 14.8 Å². The summed E-state index contributed by atoms with van der Waals surface area (Å²) in [6.45, 7) is 7.54. The first-order chi connectivity index (χ1) is 18.4. The number of carbonyl (C=O) groups excluding carboxylic acids is 2. The van der Waals surface area contributed by atoms with Gasteiger partial charge in [0.2, 0.25) is 5.91 Å². The van der Waals surface area contributed by atoms with Gasteiger partial charge in [-0.1, -0.05) is 43.6 Å². The van der Waals surface area contributed by atoms with Crippen molar-refractivity contribution in [2.45, 2.75) is 53.1 Å². The largest absolute Gasteiger partial charge is 0.493 e. The third kappa shape index (κ3) is 6.96. The third-order valence-corrected chi connectivity index (χ3v) is 6.90. The van der Waals surface area contributed by atoms with E-state index in [1.54, 1.807) is 37.7 Å². The first-order valence-corrected chi connectivity index (χ1v) is 13.1. The number of Topliss-reactive ketones (excluding diaryl/α,β-unsaturated/α-hetero) is 1. The van der Waals surface area contributed by atoms with Crippen LogP contribution in [0.5, 0.6) is 5.75 Å². The van der Waals surface area contributed by atoms with E-state index in [1.807, 2.05) is 32.0 Å².